The summed E-state index contributed by atoms with van der Waals surface area (Å²) in [4.78, 5) is 19.9. The summed E-state index contributed by atoms with van der Waals surface area (Å²) in [6.45, 7) is -0.928. The van der Waals surface area contributed by atoms with Gasteiger partial charge in [-0.25, -0.2) is 16.8 Å². The second kappa shape index (κ2) is 11.4. The maximum absolute atomic E-state index is 13.0. The molecule has 0 fully saturated rings. The molecular formula is C18H24N6O8S2. The molecule has 14 nitrogen and oxygen atoms in total. The van der Waals surface area contributed by atoms with Crippen molar-refractivity contribution in [3.8, 4) is 0 Å². The quantitative estimate of drug-likeness (QED) is 0.270. The second-order valence-electron chi connectivity index (χ2n) is 6.89. The van der Waals surface area contributed by atoms with Gasteiger partial charge in [-0.3, -0.25) is 20.2 Å². The summed E-state index contributed by atoms with van der Waals surface area (Å²) in [6.07, 6.45) is 0. The number of nitro benzene ring substituents is 2. The molecule has 0 spiro atoms. The number of hydrogen-bond acceptors (Lipinski definition) is 10. The van der Waals surface area contributed by atoms with Gasteiger partial charge in [0.05, 0.1) is 19.6 Å². The number of non-ortho nitro benzene ring substituents is 2. The van der Waals surface area contributed by atoms with Crippen molar-refractivity contribution in [2.45, 2.75) is 9.79 Å². The Morgan fingerprint density at radius 1 is 0.618 bits per heavy atom. The Balaban J connectivity index is 2.29. The van der Waals surface area contributed by atoms with Crippen molar-refractivity contribution in [2.75, 3.05) is 39.3 Å². The van der Waals surface area contributed by atoms with Gasteiger partial charge in [-0.15, -0.1) is 0 Å². The fourth-order valence-electron chi connectivity index (χ4n) is 2.99. The molecule has 0 amide bonds. The molecule has 0 heterocycles. The van der Waals surface area contributed by atoms with Gasteiger partial charge in [0.15, 0.2) is 0 Å². The lowest BCUT2D eigenvalue weighted by molar-refractivity contribution is -0.385. The van der Waals surface area contributed by atoms with Gasteiger partial charge in [0.25, 0.3) is 11.4 Å². The van der Waals surface area contributed by atoms with Crippen molar-refractivity contribution in [1.82, 2.24) is 8.61 Å². The van der Waals surface area contributed by atoms with Crippen molar-refractivity contribution >= 4 is 31.4 Å². The predicted octanol–water partition coefficient (Wildman–Crippen LogP) is 0.102. The van der Waals surface area contributed by atoms with Crippen LogP contribution in [0.3, 0.4) is 0 Å². The zero-order valence-corrected chi connectivity index (χ0v) is 19.5. The molecule has 0 unspecified atom stereocenters. The van der Waals surface area contributed by atoms with Gasteiger partial charge in [0.1, 0.15) is 0 Å². The summed E-state index contributed by atoms with van der Waals surface area (Å²) in [7, 11) is -8.28. The maximum Gasteiger partial charge on any atom is 0.269 e. The van der Waals surface area contributed by atoms with Crippen LogP contribution in [-0.2, 0) is 20.0 Å². The van der Waals surface area contributed by atoms with Gasteiger partial charge >= 0.3 is 0 Å². The topological polar surface area (TPSA) is 213 Å². The molecule has 0 aromatic heterocycles. The van der Waals surface area contributed by atoms with Crippen molar-refractivity contribution < 1.29 is 26.7 Å². The normalized spacial score (nSPS) is 12.2. The molecule has 2 aromatic carbocycles. The minimum absolute atomic E-state index is 0.0573. The van der Waals surface area contributed by atoms with E-state index in [1.807, 2.05) is 0 Å². The molecule has 186 valence electrons. The smallest absolute Gasteiger partial charge is 0.269 e. The average Bonchev–Trinajstić information content (AvgIpc) is 2.80. The van der Waals surface area contributed by atoms with E-state index in [0.717, 1.165) is 57.1 Å². The number of benzene rings is 2. The lowest BCUT2D eigenvalue weighted by Gasteiger charge is -2.26. The molecule has 4 N–H and O–H groups in total. The van der Waals surface area contributed by atoms with E-state index in [9.17, 15) is 37.1 Å². The molecule has 16 heteroatoms. The van der Waals surface area contributed by atoms with Crippen molar-refractivity contribution in [3.63, 3.8) is 0 Å². The first-order valence-electron chi connectivity index (χ1n) is 9.84. The molecule has 0 saturated heterocycles. The average molecular weight is 517 g/mol. The standard InChI is InChI=1S/C18H24N6O8S2/c19-9-11-21(33(29,30)17-5-1-15(2-6-17)23(25)26)13-14-22(12-10-20)34(31,32)18-7-3-16(4-8-18)24(27)28/h1-8H,9-14,19-20H2. The van der Waals surface area contributed by atoms with Crippen LogP contribution in [0.4, 0.5) is 11.4 Å². The van der Waals surface area contributed by atoms with Crippen molar-refractivity contribution in [1.29, 1.82) is 0 Å². The Morgan fingerprint density at radius 2 is 0.912 bits per heavy atom. The van der Waals surface area contributed by atoms with Crippen LogP contribution in [0.15, 0.2) is 58.3 Å². The summed E-state index contributed by atoms with van der Waals surface area (Å²) in [5, 5.41) is 21.6. The van der Waals surface area contributed by atoms with Crippen LogP contribution in [0, 0.1) is 20.2 Å². The molecule has 0 saturated carbocycles. The molecule has 0 atom stereocenters. The van der Waals surface area contributed by atoms with E-state index in [1.54, 1.807) is 0 Å². The zero-order valence-electron chi connectivity index (χ0n) is 17.9. The lowest BCUT2D eigenvalue weighted by Crippen LogP contribution is -2.44. The highest BCUT2D eigenvalue weighted by Gasteiger charge is 2.29. The van der Waals surface area contributed by atoms with Crippen LogP contribution in [0.5, 0.6) is 0 Å². The molecule has 0 bridgehead atoms. The Morgan fingerprint density at radius 3 is 1.15 bits per heavy atom. The number of hydrogen-bond donors (Lipinski definition) is 2. The minimum Gasteiger partial charge on any atom is -0.329 e. The van der Waals surface area contributed by atoms with Crippen LogP contribution in [0.1, 0.15) is 0 Å². The van der Waals surface area contributed by atoms with Gasteiger partial charge in [-0.05, 0) is 24.3 Å². The summed E-state index contributed by atoms with van der Waals surface area (Å²) >= 11 is 0. The number of nitrogens with two attached hydrogens (primary N) is 2. The van der Waals surface area contributed by atoms with Gasteiger partial charge in [0.2, 0.25) is 20.0 Å². The first-order chi connectivity index (χ1) is 15.9. The van der Waals surface area contributed by atoms with E-state index in [2.05, 4.69) is 0 Å². The Bertz CT molecular complexity index is 1120. The molecule has 34 heavy (non-hydrogen) atoms. The summed E-state index contributed by atoms with van der Waals surface area (Å²) in [5.74, 6) is 0. The van der Waals surface area contributed by atoms with Gasteiger partial charge in [0, 0.05) is 63.5 Å². The third-order valence-corrected chi connectivity index (χ3v) is 8.55. The van der Waals surface area contributed by atoms with Crippen LogP contribution in [0.25, 0.3) is 0 Å². The van der Waals surface area contributed by atoms with Gasteiger partial charge in [-0.2, -0.15) is 8.61 Å². The van der Waals surface area contributed by atoms with E-state index in [0.29, 0.717) is 0 Å². The fraction of sp³-hybridized carbons (Fsp3) is 0.333. The number of nitrogens with zero attached hydrogens (tertiary/aromatic N) is 4. The Hall–Kier alpha value is -3.02. The van der Waals surface area contributed by atoms with Crippen molar-refractivity contribution in [2.24, 2.45) is 11.5 Å². The van der Waals surface area contributed by atoms with Crippen LogP contribution >= 0.6 is 0 Å². The van der Waals surface area contributed by atoms with Crippen molar-refractivity contribution in [3.05, 3.63) is 68.8 Å². The fourth-order valence-corrected chi connectivity index (χ4v) is 5.89. The van der Waals surface area contributed by atoms with Crippen LogP contribution in [-0.4, -0.2) is 74.6 Å². The van der Waals surface area contributed by atoms with Crippen LogP contribution < -0.4 is 11.5 Å². The molecule has 2 aromatic rings. The Labute approximate surface area is 196 Å². The largest absolute Gasteiger partial charge is 0.329 e. The highest BCUT2D eigenvalue weighted by Crippen LogP contribution is 2.22. The Kier molecular flexibility index (Phi) is 9.14. The number of rotatable bonds is 13. The van der Waals surface area contributed by atoms with Gasteiger partial charge in [-0.1, -0.05) is 0 Å². The molecular weight excluding hydrogens is 492 g/mol. The zero-order chi connectivity index (χ0) is 25.5. The summed E-state index contributed by atoms with van der Waals surface area (Å²) in [5.41, 5.74) is 10.5. The number of nitro groups is 2. The first kappa shape index (κ1) is 27.2. The second-order valence-corrected chi connectivity index (χ2v) is 10.8. The third-order valence-electron chi connectivity index (χ3n) is 4.73. The molecule has 0 radical (unpaired) electrons. The third kappa shape index (κ3) is 6.31. The van der Waals surface area contributed by atoms with E-state index in [-0.39, 0.29) is 60.4 Å². The van der Waals surface area contributed by atoms with Gasteiger partial charge < -0.3 is 11.5 Å². The predicted molar refractivity (Wildman–Crippen MR) is 122 cm³/mol. The van der Waals surface area contributed by atoms with E-state index >= 15 is 0 Å². The first-order valence-corrected chi connectivity index (χ1v) is 12.7. The summed E-state index contributed by atoms with van der Waals surface area (Å²) in [6, 6.07) is 8.54. The highest BCUT2D eigenvalue weighted by atomic mass is 32.2. The molecule has 0 aliphatic carbocycles. The summed E-state index contributed by atoms with van der Waals surface area (Å²) < 4.78 is 54.1. The molecule has 2 rings (SSSR count). The van der Waals surface area contributed by atoms with E-state index in [1.165, 1.54) is 0 Å². The van der Waals surface area contributed by atoms with Crippen LogP contribution in [0.2, 0.25) is 0 Å². The van der Waals surface area contributed by atoms with E-state index < -0.39 is 29.9 Å². The highest BCUT2D eigenvalue weighted by molar-refractivity contribution is 7.89. The monoisotopic (exact) mass is 516 g/mol. The SMILES string of the molecule is NCCN(CCN(CCN)S(=O)(=O)c1ccc([N+](=O)[O-])cc1)S(=O)(=O)c1ccc([N+](=O)[O-])cc1. The lowest BCUT2D eigenvalue weighted by atomic mass is 10.3. The maximum atomic E-state index is 13.0. The molecule has 0 aliphatic rings. The molecule has 0 aliphatic heterocycles. The minimum atomic E-state index is -4.14. The van der Waals surface area contributed by atoms with E-state index in [4.69, 9.17) is 11.5 Å². The number of sulfonamides is 2.